The van der Waals surface area contributed by atoms with Crippen molar-refractivity contribution < 1.29 is 4.39 Å². The molecule has 18 heavy (non-hydrogen) atoms. The molecular formula is C14H17FN2S. The first-order valence-corrected chi connectivity index (χ1v) is 6.87. The SMILES string of the molecule is Cc1[nH]c2c(SC/C(F)=C/CN)cccc2c1C. The van der Waals surface area contributed by atoms with Crippen LogP contribution in [0.2, 0.25) is 0 Å². The highest BCUT2D eigenvalue weighted by molar-refractivity contribution is 7.99. The number of para-hydroxylation sites is 1. The Morgan fingerprint density at radius 2 is 2.22 bits per heavy atom. The molecule has 1 aromatic carbocycles. The van der Waals surface area contributed by atoms with E-state index in [0.29, 0.717) is 5.75 Å². The summed E-state index contributed by atoms with van der Waals surface area (Å²) >= 11 is 1.49. The number of aromatic nitrogens is 1. The monoisotopic (exact) mass is 264 g/mol. The Bertz CT molecular complexity index is 587. The lowest BCUT2D eigenvalue weighted by molar-refractivity contribution is 0.640. The molecule has 1 aromatic heterocycles. The van der Waals surface area contributed by atoms with Crippen molar-refractivity contribution in [1.29, 1.82) is 0 Å². The van der Waals surface area contributed by atoms with Crippen LogP contribution in [-0.4, -0.2) is 17.3 Å². The first kappa shape index (κ1) is 13.2. The third-order valence-corrected chi connectivity index (χ3v) is 4.08. The van der Waals surface area contributed by atoms with Crippen molar-refractivity contribution in [1.82, 2.24) is 4.98 Å². The van der Waals surface area contributed by atoms with Gasteiger partial charge in [-0.15, -0.1) is 11.8 Å². The molecule has 0 aliphatic rings. The van der Waals surface area contributed by atoms with Gasteiger partial charge in [-0.2, -0.15) is 0 Å². The largest absolute Gasteiger partial charge is 0.357 e. The van der Waals surface area contributed by atoms with Crippen LogP contribution in [0.5, 0.6) is 0 Å². The maximum absolute atomic E-state index is 13.3. The lowest BCUT2D eigenvalue weighted by Gasteiger charge is -2.02. The molecule has 96 valence electrons. The number of fused-ring (bicyclic) bond motifs is 1. The number of rotatable bonds is 4. The Morgan fingerprint density at radius 3 is 2.94 bits per heavy atom. The molecule has 0 amide bonds. The minimum atomic E-state index is -0.167. The van der Waals surface area contributed by atoms with Gasteiger partial charge >= 0.3 is 0 Å². The van der Waals surface area contributed by atoms with Gasteiger partial charge in [0, 0.05) is 28.3 Å². The molecule has 1 heterocycles. The zero-order valence-electron chi connectivity index (χ0n) is 10.6. The first-order valence-electron chi connectivity index (χ1n) is 5.88. The standard InChI is InChI=1S/C14H17FN2S/c1-9-10(2)17-14-12(9)4-3-5-13(14)18-8-11(15)6-7-16/h3-6,17H,7-8,16H2,1-2H3/b11-6-. The average molecular weight is 264 g/mol. The van der Waals surface area contributed by atoms with Crippen molar-refractivity contribution in [3.63, 3.8) is 0 Å². The first-order chi connectivity index (χ1) is 8.63. The molecule has 2 nitrogen and oxygen atoms in total. The van der Waals surface area contributed by atoms with Gasteiger partial charge < -0.3 is 10.7 Å². The third-order valence-electron chi connectivity index (χ3n) is 3.01. The highest BCUT2D eigenvalue weighted by Gasteiger charge is 2.08. The van der Waals surface area contributed by atoms with Crippen molar-refractivity contribution in [2.24, 2.45) is 5.73 Å². The maximum atomic E-state index is 13.3. The molecule has 2 rings (SSSR count). The van der Waals surface area contributed by atoms with Crippen LogP contribution in [0.1, 0.15) is 11.3 Å². The summed E-state index contributed by atoms with van der Waals surface area (Å²) in [5.41, 5.74) is 8.79. The van der Waals surface area contributed by atoms with Crippen LogP contribution < -0.4 is 5.73 Å². The number of nitrogens with two attached hydrogens (primary N) is 1. The molecule has 0 fully saturated rings. The van der Waals surface area contributed by atoms with Gasteiger partial charge in [-0.3, -0.25) is 0 Å². The van der Waals surface area contributed by atoms with Gasteiger partial charge in [-0.25, -0.2) is 4.39 Å². The number of H-pyrrole nitrogens is 1. The van der Waals surface area contributed by atoms with E-state index in [1.807, 2.05) is 12.1 Å². The van der Waals surface area contributed by atoms with E-state index < -0.39 is 0 Å². The fourth-order valence-corrected chi connectivity index (χ4v) is 2.80. The van der Waals surface area contributed by atoms with Gasteiger partial charge in [-0.1, -0.05) is 12.1 Å². The lowest BCUT2D eigenvalue weighted by Crippen LogP contribution is -1.95. The molecule has 0 aliphatic heterocycles. The highest BCUT2D eigenvalue weighted by atomic mass is 32.2. The van der Waals surface area contributed by atoms with E-state index in [2.05, 4.69) is 24.9 Å². The molecule has 0 bridgehead atoms. The number of aryl methyl sites for hydroxylation is 2. The molecule has 2 aromatic rings. The molecule has 0 radical (unpaired) electrons. The quantitative estimate of drug-likeness (QED) is 0.827. The van der Waals surface area contributed by atoms with Crippen LogP contribution in [0, 0.1) is 13.8 Å². The Morgan fingerprint density at radius 1 is 1.44 bits per heavy atom. The number of benzene rings is 1. The van der Waals surface area contributed by atoms with Gasteiger partial charge in [0.15, 0.2) is 0 Å². The van der Waals surface area contributed by atoms with Crippen LogP contribution in [0.25, 0.3) is 10.9 Å². The minimum Gasteiger partial charge on any atom is -0.357 e. The minimum absolute atomic E-state index is 0.167. The summed E-state index contributed by atoms with van der Waals surface area (Å²) < 4.78 is 13.3. The third kappa shape index (κ3) is 2.60. The van der Waals surface area contributed by atoms with Crippen molar-refractivity contribution in [3.05, 3.63) is 41.4 Å². The van der Waals surface area contributed by atoms with Crippen LogP contribution >= 0.6 is 11.8 Å². The summed E-state index contributed by atoms with van der Waals surface area (Å²) in [4.78, 5) is 4.44. The smallest absolute Gasteiger partial charge is 0.107 e. The Hall–Kier alpha value is -1.26. The van der Waals surface area contributed by atoms with Crippen LogP contribution in [0.3, 0.4) is 0 Å². The summed E-state index contributed by atoms with van der Waals surface area (Å²) in [6.07, 6.45) is 1.42. The lowest BCUT2D eigenvalue weighted by atomic mass is 10.1. The number of hydrogen-bond acceptors (Lipinski definition) is 2. The predicted molar refractivity (Wildman–Crippen MR) is 76.7 cm³/mol. The van der Waals surface area contributed by atoms with Gasteiger partial charge in [0.1, 0.15) is 5.83 Å². The number of hydrogen-bond donors (Lipinski definition) is 2. The van der Waals surface area contributed by atoms with Crippen molar-refractivity contribution in [3.8, 4) is 0 Å². The van der Waals surface area contributed by atoms with Crippen LogP contribution in [0.4, 0.5) is 4.39 Å². The summed E-state index contributed by atoms with van der Waals surface area (Å²) in [5.74, 6) is 0.160. The number of nitrogens with one attached hydrogen (secondary N) is 1. The number of aromatic amines is 1. The molecule has 0 saturated heterocycles. The normalized spacial score (nSPS) is 12.3. The second-order valence-electron chi connectivity index (χ2n) is 4.23. The van der Waals surface area contributed by atoms with Crippen molar-refractivity contribution in [2.75, 3.05) is 12.3 Å². The van der Waals surface area contributed by atoms with E-state index in [-0.39, 0.29) is 12.4 Å². The maximum Gasteiger partial charge on any atom is 0.107 e. The molecule has 0 atom stereocenters. The second-order valence-corrected chi connectivity index (χ2v) is 5.25. The molecule has 4 heteroatoms. The van der Waals surface area contributed by atoms with Gasteiger partial charge in [0.2, 0.25) is 0 Å². The van der Waals surface area contributed by atoms with E-state index in [4.69, 9.17) is 5.73 Å². The average Bonchev–Trinajstić information content (AvgIpc) is 2.64. The fourth-order valence-electron chi connectivity index (χ4n) is 1.91. The highest BCUT2D eigenvalue weighted by Crippen LogP contribution is 2.31. The van der Waals surface area contributed by atoms with E-state index in [9.17, 15) is 4.39 Å². The predicted octanol–water partition coefficient (Wildman–Crippen LogP) is 3.69. The van der Waals surface area contributed by atoms with Crippen molar-refractivity contribution >= 4 is 22.7 Å². The summed E-state index contributed by atoms with van der Waals surface area (Å²) in [6, 6.07) is 6.11. The number of halogens is 1. The van der Waals surface area contributed by atoms with E-state index in [0.717, 1.165) is 16.1 Å². The molecule has 0 saturated carbocycles. The molecule has 0 unspecified atom stereocenters. The van der Waals surface area contributed by atoms with Gasteiger partial charge in [-0.05, 0) is 31.6 Å². The van der Waals surface area contributed by atoms with E-state index in [1.165, 1.54) is 28.8 Å². The molecular weight excluding hydrogens is 247 g/mol. The zero-order chi connectivity index (χ0) is 13.1. The van der Waals surface area contributed by atoms with Gasteiger partial charge in [0.25, 0.3) is 0 Å². The Kier molecular flexibility index (Phi) is 4.09. The Balaban J connectivity index is 2.29. The van der Waals surface area contributed by atoms with E-state index in [1.54, 1.807) is 0 Å². The molecule has 0 aliphatic carbocycles. The summed E-state index contributed by atoms with van der Waals surface area (Å²) in [6.45, 7) is 4.40. The number of thioether (sulfide) groups is 1. The summed E-state index contributed by atoms with van der Waals surface area (Å²) in [7, 11) is 0. The van der Waals surface area contributed by atoms with Crippen molar-refractivity contribution in [2.45, 2.75) is 18.7 Å². The summed E-state index contributed by atoms with van der Waals surface area (Å²) in [5, 5.41) is 1.21. The molecule has 0 spiro atoms. The zero-order valence-corrected chi connectivity index (χ0v) is 11.4. The van der Waals surface area contributed by atoms with E-state index >= 15 is 0 Å². The second kappa shape index (κ2) is 5.59. The molecule has 3 N–H and O–H groups in total. The fraction of sp³-hybridized carbons (Fsp3) is 0.286. The Labute approximate surface area is 110 Å². The van der Waals surface area contributed by atoms with Gasteiger partial charge in [0.05, 0.1) is 5.52 Å². The topological polar surface area (TPSA) is 41.8 Å². The van der Waals surface area contributed by atoms with Crippen LogP contribution in [0.15, 0.2) is 35.0 Å². The van der Waals surface area contributed by atoms with Crippen LogP contribution in [-0.2, 0) is 0 Å².